The minimum absolute atomic E-state index is 0.124. The van der Waals surface area contributed by atoms with Crippen LogP contribution < -0.4 is 0 Å². The Hall–Kier alpha value is -0.570. The fourth-order valence-electron chi connectivity index (χ4n) is 4.25. The van der Waals surface area contributed by atoms with E-state index in [1.54, 1.807) is 0 Å². The van der Waals surface area contributed by atoms with Crippen molar-refractivity contribution in [3.63, 3.8) is 0 Å². The SMILES string of the molecule is CN1CCC(C2(O)c3ccc(Cl)cc3CC2(C)C)CC1. The van der Waals surface area contributed by atoms with Gasteiger partial charge in [-0.05, 0) is 68.6 Å². The van der Waals surface area contributed by atoms with Crippen LogP contribution in [0, 0.1) is 11.3 Å². The molecular weight excluding hydrogens is 270 g/mol. The molecule has 0 spiro atoms. The van der Waals surface area contributed by atoms with E-state index < -0.39 is 5.60 Å². The van der Waals surface area contributed by atoms with Crippen molar-refractivity contribution >= 4 is 11.6 Å². The number of nitrogens with zero attached hydrogens (tertiary/aromatic N) is 1. The summed E-state index contributed by atoms with van der Waals surface area (Å²) in [7, 11) is 2.16. The van der Waals surface area contributed by atoms with Gasteiger partial charge in [0.15, 0.2) is 0 Å². The van der Waals surface area contributed by atoms with E-state index in [0.717, 1.165) is 42.9 Å². The number of fused-ring (bicyclic) bond motifs is 1. The second-order valence-electron chi connectivity index (χ2n) is 7.21. The maximum Gasteiger partial charge on any atom is 0.0981 e. The number of halogens is 1. The van der Waals surface area contributed by atoms with Gasteiger partial charge in [-0.2, -0.15) is 0 Å². The zero-order chi connectivity index (χ0) is 14.5. The normalized spacial score (nSPS) is 30.4. The third-order valence-electron chi connectivity index (χ3n) is 5.45. The molecule has 1 aliphatic heterocycles. The number of rotatable bonds is 1. The highest BCUT2D eigenvalue weighted by atomic mass is 35.5. The summed E-state index contributed by atoms with van der Waals surface area (Å²) < 4.78 is 0. The van der Waals surface area contributed by atoms with Crippen LogP contribution in [-0.4, -0.2) is 30.1 Å². The van der Waals surface area contributed by atoms with Gasteiger partial charge in [0.1, 0.15) is 0 Å². The van der Waals surface area contributed by atoms with Gasteiger partial charge in [-0.1, -0.05) is 31.5 Å². The maximum absolute atomic E-state index is 11.6. The van der Waals surface area contributed by atoms with Gasteiger partial charge < -0.3 is 10.0 Å². The van der Waals surface area contributed by atoms with Crippen molar-refractivity contribution in [1.82, 2.24) is 4.90 Å². The van der Waals surface area contributed by atoms with E-state index in [4.69, 9.17) is 11.6 Å². The standard InChI is InChI=1S/C17H24ClNO/c1-16(2)11-12-10-14(18)4-5-15(12)17(16,20)13-6-8-19(3)9-7-13/h4-5,10,13,20H,6-9,11H2,1-3H3. The molecule has 1 aromatic carbocycles. The lowest BCUT2D eigenvalue weighted by molar-refractivity contribution is -0.121. The maximum atomic E-state index is 11.6. The summed E-state index contributed by atoms with van der Waals surface area (Å²) in [6.45, 7) is 6.54. The van der Waals surface area contributed by atoms with Gasteiger partial charge in [0.05, 0.1) is 5.60 Å². The van der Waals surface area contributed by atoms with E-state index in [9.17, 15) is 5.11 Å². The number of piperidine rings is 1. The molecule has 0 bridgehead atoms. The van der Waals surface area contributed by atoms with Crippen LogP contribution in [0.5, 0.6) is 0 Å². The first-order valence-corrected chi connectivity index (χ1v) is 7.92. The van der Waals surface area contributed by atoms with E-state index in [1.165, 1.54) is 5.56 Å². The van der Waals surface area contributed by atoms with Crippen LogP contribution in [-0.2, 0) is 12.0 Å². The van der Waals surface area contributed by atoms with E-state index in [2.05, 4.69) is 25.8 Å². The molecular formula is C17H24ClNO. The van der Waals surface area contributed by atoms with Crippen molar-refractivity contribution < 1.29 is 5.11 Å². The van der Waals surface area contributed by atoms with E-state index in [0.29, 0.717) is 5.92 Å². The molecule has 1 aliphatic carbocycles. The predicted molar refractivity (Wildman–Crippen MR) is 83.1 cm³/mol. The van der Waals surface area contributed by atoms with Crippen molar-refractivity contribution in [2.45, 2.75) is 38.7 Å². The lowest BCUT2D eigenvalue weighted by Gasteiger charge is -2.46. The zero-order valence-electron chi connectivity index (χ0n) is 12.6. The molecule has 0 aromatic heterocycles. The first-order chi connectivity index (χ1) is 9.34. The molecule has 0 radical (unpaired) electrons. The fourth-order valence-corrected chi connectivity index (χ4v) is 4.45. The largest absolute Gasteiger partial charge is 0.384 e. The molecule has 20 heavy (non-hydrogen) atoms. The van der Waals surface area contributed by atoms with Gasteiger partial charge in [-0.3, -0.25) is 0 Å². The van der Waals surface area contributed by atoms with Crippen LogP contribution in [0.2, 0.25) is 5.02 Å². The summed E-state index contributed by atoms with van der Waals surface area (Å²) in [6.07, 6.45) is 3.04. The van der Waals surface area contributed by atoms with Gasteiger partial charge in [0.2, 0.25) is 0 Å². The van der Waals surface area contributed by atoms with Crippen molar-refractivity contribution in [2.75, 3.05) is 20.1 Å². The van der Waals surface area contributed by atoms with Crippen LogP contribution in [0.3, 0.4) is 0 Å². The van der Waals surface area contributed by atoms with Gasteiger partial charge >= 0.3 is 0 Å². The Balaban J connectivity index is 2.02. The highest BCUT2D eigenvalue weighted by Crippen LogP contribution is 2.56. The first kappa shape index (κ1) is 14.4. The van der Waals surface area contributed by atoms with Crippen LogP contribution in [0.4, 0.5) is 0 Å². The third-order valence-corrected chi connectivity index (χ3v) is 5.69. The summed E-state index contributed by atoms with van der Waals surface area (Å²) >= 11 is 6.13. The summed E-state index contributed by atoms with van der Waals surface area (Å²) in [5.41, 5.74) is 1.50. The predicted octanol–water partition coefficient (Wildman–Crippen LogP) is 3.45. The van der Waals surface area contributed by atoms with E-state index in [1.807, 2.05) is 18.2 Å². The lowest BCUT2D eigenvalue weighted by atomic mass is 9.65. The Kier molecular flexibility index (Phi) is 3.39. The molecule has 1 aromatic rings. The van der Waals surface area contributed by atoms with Crippen molar-refractivity contribution in [3.05, 3.63) is 34.3 Å². The van der Waals surface area contributed by atoms with Gasteiger partial charge in [-0.25, -0.2) is 0 Å². The van der Waals surface area contributed by atoms with Crippen LogP contribution in [0.1, 0.15) is 37.8 Å². The Morgan fingerprint density at radius 1 is 1.25 bits per heavy atom. The zero-order valence-corrected chi connectivity index (χ0v) is 13.4. The molecule has 1 unspecified atom stereocenters. The molecule has 2 nitrogen and oxygen atoms in total. The number of hydrogen-bond donors (Lipinski definition) is 1. The number of hydrogen-bond acceptors (Lipinski definition) is 2. The number of likely N-dealkylation sites (tertiary alicyclic amines) is 1. The Morgan fingerprint density at radius 3 is 2.55 bits per heavy atom. The van der Waals surface area contributed by atoms with E-state index >= 15 is 0 Å². The molecule has 1 fully saturated rings. The average Bonchev–Trinajstić information content (AvgIpc) is 2.57. The van der Waals surface area contributed by atoms with E-state index in [-0.39, 0.29) is 5.41 Å². The van der Waals surface area contributed by atoms with Crippen molar-refractivity contribution in [3.8, 4) is 0 Å². The summed E-state index contributed by atoms with van der Waals surface area (Å²) in [5.74, 6) is 0.344. The highest BCUT2D eigenvalue weighted by molar-refractivity contribution is 6.30. The molecule has 1 atom stereocenters. The summed E-state index contributed by atoms with van der Waals surface area (Å²) in [5, 5.41) is 12.4. The monoisotopic (exact) mass is 293 g/mol. The molecule has 1 N–H and O–H groups in total. The second kappa shape index (κ2) is 4.72. The molecule has 110 valence electrons. The quantitative estimate of drug-likeness (QED) is 0.857. The van der Waals surface area contributed by atoms with Crippen molar-refractivity contribution in [2.24, 2.45) is 11.3 Å². The lowest BCUT2D eigenvalue weighted by Crippen LogP contribution is -2.49. The average molecular weight is 294 g/mol. The molecule has 2 aliphatic rings. The molecule has 0 saturated carbocycles. The summed E-state index contributed by atoms with van der Waals surface area (Å²) in [6, 6.07) is 6.00. The number of aliphatic hydroxyl groups is 1. The third kappa shape index (κ3) is 2.01. The Labute approximate surface area is 126 Å². The van der Waals surface area contributed by atoms with Gasteiger partial charge in [0, 0.05) is 10.4 Å². The molecule has 1 saturated heterocycles. The highest BCUT2D eigenvalue weighted by Gasteiger charge is 2.55. The van der Waals surface area contributed by atoms with Gasteiger partial charge in [-0.15, -0.1) is 0 Å². The Morgan fingerprint density at radius 2 is 1.90 bits per heavy atom. The van der Waals surface area contributed by atoms with Crippen LogP contribution >= 0.6 is 11.6 Å². The van der Waals surface area contributed by atoms with Gasteiger partial charge in [0.25, 0.3) is 0 Å². The molecule has 0 amide bonds. The molecule has 3 heteroatoms. The molecule has 3 rings (SSSR count). The van der Waals surface area contributed by atoms with Crippen molar-refractivity contribution in [1.29, 1.82) is 0 Å². The first-order valence-electron chi connectivity index (χ1n) is 7.54. The summed E-state index contributed by atoms with van der Waals surface area (Å²) in [4.78, 5) is 2.35. The second-order valence-corrected chi connectivity index (χ2v) is 7.64. The van der Waals surface area contributed by atoms with Crippen LogP contribution in [0.25, 0.3) is 0 Å². The van der Waals surface area contributed by atoms with Crippen LogP contribution in [0.15, 0.2) is 18.2 Å². The topological polar surface area (TPSA) is 23.5 Å². The smallest absolute Gasteiger partial charge is 0.0981 e. The minimum atomic E-state index is -0.714. The minimum Gasteiger partial charge on any atom is -0.384 e. The molecule has 1 heterocycles. The Bertz CT molecular complexity index is 520. The number of benzene rings is 1. The fraction of sp³-hybridized carbons (Fsp3) is 0.647.